The molecule has 0 radical (unpaired) electrons. The highest BCUT2D eigenvalue weighted by molar-refractivity contribution is 6.30. The van der Waals surface area contributed by atoms with E-state index in [1.807, 2.05) is 7.05 Å². The van der Waals surface area contributed by atoms with E-state index in [1.165, 1.54) is 0 Å². The van der Waals surface area contributed by atoms with Crippen molar-refractivity contribution in [2.75, 3.05) is 6.61 Å². The number of aryl methyl sites for hydroxylation is 1. The zero-order valence-corrected chi connectivity index (χ0v) is 12.7. The Balaban J connectivity index is 2.06. The lowest BCUT2D eigenvalue weighted by Gasteiger charge is -2.15. The monoisotopic (exact) mass is 286 g/mol. The van der Waals surface area contributed by atoms with Gasteiger partial charge in [-0.2, -0.15) is 5.10 Å². The summed E-state index contributed by atoms with van der Waals surface area (Å²) in [6.45, 7) is 4.98. The van der Waals surface area contributed by atoms with Crippen LogP contribution in [0.2, 0.25) is 5.15 Å². The molecular weight excluding hydrogens is 264 g/mol. The number of aliphatic hydroxyl groups excluding tert-OH is 1. The predicted molar refractivity (Wildman–Crippen MR) is 75.5 cm³/mol. The number of hydrogen-bond acceptors (Lipinski definition) is 3. The lowest BCUT2D eigenvalue weighted by Crippen LogP contribution is -2.09. The van der Waals surface area contributed by atoms with Crippen LogP contribution in [0.15, 0.2) is 0 Å². The Morgan fingerprint density at radius 3 is 2.84 bits per heavy atom. The molecule has 0 bridgehead atoms. The van der Waals surface area contributed by atoms with Crippen LogP contribution in [0.4, 0.5) is 0 Å². The van der Waals surface area contributed by atoms with Gasteiger partial charge in [-0.15, -0.1) is 0 Å². The number of aromatic nitrogens is 2. The highest BCUT2D eigenvalue weighted by Crippen LogP contribution is 2.33. The van der Waals surface area contributed by atoms with Crippen LogP contribution in [0, 0.1) is 0 Å². The molecule has 2 rings (SSSR count). The van der Waals surface area contributed by atoms with Crippen LogP contribution in [0.3, 0.4) is 0 Å². The van der Waals surface area contributed by atoms with Gasteiger partial charge >= 0.3 is 0 Å². The van der Waals surface area contributed by atoms with Gasteiger partial charge in [0.15, 0.2) is 0 Å². The van der Waals surface area contributed by atoms with E-state index in [9.17, 15) is 5.11 Å². The second-order valence-corrected chi connectivity index (χ2v) is 5.95. The van der Waals surface area contributed by atoms with E-state index in [0.29, 0.717) is 17.7 Å². The van der Waals surface area contributed by atoms with Crippen molar-refractivity contribution >= 4 is 11.6 Å². The van der Waals surface area contributed by atoms with Crippen molar-refractivity contribution in [1.82, 2.24) is 9.78 Å². The van der Waals surface area contributed by atoms with Gasteiger partial charge in [0.1, 0.15) is 5.15 Å². The molecule has 1 fully saturated rings. The topological polar surface area (TPSA) is 47.3 Å². The molecule has 0 aromatic carbocycles. The number of nitrogens with zero attached hydrogens (tertiary/aromatic N) is 2. The Labute approximate surface area is 119 Å². The summed E-state index contributed by atoms with van der Waals surface area (Å²) in [6.07, 6.45) is 3.53. The maximum absolute atomic E-state index is 10.4. The minimum absolute atomic E-state index is 0.256. The smallest absolute Gasteiger partial charge is 0.132 e. The zero-order valence-electron chi connectivity index (χ0n) is 11.9. The fourth-order valence-corrected chi connectivity index (χ4v) is 2.89. The van der Waals surface area contributed by atoms with Crippen LogP contribution in [0.5, 0.6) is 0 Å². The maximum atomic E-state index is 10.4. The highest BCUT2D eigenvalue weighted by atomic mass is 35.5. The molecule has 0 amide bonds. The SMILES string of the molecule is CC(C)c1nn(C)c(Cl)c1C(O)CCC1CCCO1. The molecule has 19 heavy (non-hydrogen) atoms. The predicted octanol–water partition coefficient (Wildman–Crippen LogP) is 3.19. The zero-order chi connectivity index (χ0) is 14.0. The Bertz CT molecular complexity index is 425. The van der Waals surface area contributed by atoms with Crippen LogP contribution >= 0.6 is 11.6 Å². The van der Waals surface area contributed by atoms with Crippen molar-refractivity contribution in [1.29, 1.82) is 0 Å². The molecule has 0 aliphatic carbocycles. The molecule has 1 N–H and O–H groups in total. The van der Waals surface area contributed by atoms with Gasteiger partial charge in [-0.1, -0.05) is 25.4 Å². The summed E-state index contributed by atoms with van der Waals surface area (Å²) in [6, 6.07) is 0. The van der Waals surface area contributed by atoms with Gasteiger partial charge in [0.2, 0.25) is 0 Å². The Hall–Kier alpha value is -0.580. The molecule has 0 spiro atoms. The average molecular weight is 287 g/mol. The lowest BCUT2D eigenvalue weighted by molar-refractivity contribution is 0.0810. The molecule has 1 saturated heterocycles. The number of rotatable bonds is 5. The van der Waals surface area contributed by atoms with E-state index in [-0.39, 0.29) is 5.92 Å². The van der Waals surface area contributed by atoms with Crippen molar-refractivity contribution in [3.05, 3.63) is 16.4 Å². The quantitative estimate of drug-likeness (QED) is 0.904. The molecule has 1 aliphatic rings. The van der Waals surface area contributed by atoms with Crippen molar-refractivity contribution in [3.63, 3.8) is 0 Å². The first-order valence-corrected chi connectivity index (χ1v) is 7.40. The van der Waals surface area contributed by atoms with Crippen LogP contribution < -0.4 is 0 Å². The molecule has 1 aromatic rings. The van der Waals surface area contributed by atoms with Gasteiger partial charge in [-0.3, -0.25) is 4.68 Å². The minimum atomic E-state index is -0.553. The first kappa shape index (κ1) is 14.8. The Morgan fingerprint density at radius 1 is 1.53 bits per heavy atom. The first-order valence-electron chi connectivity index (χ1n) is 7.02. The minimum Gasteiger partial charge on any atom is -0.388 e. The molecule has 0 saturated carbocycles. The van der Waals surface area contributed by atoms with Gasteiger partial charge in [0.25, 0.3) is 0 Å². The summed E-state index contributed by atoms with van der Waals surface area (Å²) in [5, 5.41) is 15.4. The number of hydrogen-bond donors (Lipinski definition) is 1. The van der Waals surface area contributed by atoms with Crippen LogP contribution in [-0.2, 0) is 11.8 Å². The molecule has 2 heterocycles. The van der Waals surface area contributed by atoms with Crippen LogP contribution in [0.1, 0.15) is 62.8 Å². The van der Waals surface area contributed by atoms with E-state index >= 15 is 0 Å². The Kier molecular flexibility index (Phi) is 4.87. The molecule has 4 nitrogen and oxygen atoms in total. The van der Waals surface area contributed by atoms with E-state index < -0.39 is 6.10 Å². The number of halogens is 1. The summed E-state index contributed by atoms with van der Waals surface area (Å²) in [5.74, 6) is 0.256. The molecule has 5 heteroatoms. The van der Waals surface area contributed by atoms with Crippen molar-refractivity contribution in [3.8, 4) is 0 Å². The third-order valence-corrected chi connectivity index (χ3v) is 4.15. The third-order valence-electron chi connectivity index (χ3n) is 3.71. The summed E-state index contributed by atoms with van der Waals surface area (Å²) in [4.78, 5) is 0. The average Bonchev–Trinajstić information content (AvgIpc) is 2.96. The van der Waals surface area contributed by atoms with E-state index in [0.717, 1.165) is 37.1 Å². The van der Waals surface area contributed by atoms with Gasteiger partial charge in [0, 0.05) is 19.2 Å². The molecule has 2 unspecified atom stereocenters. The van der Waals surface area contributed by atoms with Crippen LogP contribution in [-0.4, -0.2) is 27.6 Å². The van der Waals surface area contributed by atoms with Gasteiger partial charge in [0.05, 0.1) is 17.9 Å². The lowest BCUT2D eigenvalue weighted by atomic mass is 9.98. The second-order valence-electron chi connectivity index (χ2n) is 5.60. The standard InChI is InChI=1S/C14H23ClN2O2/c1-9(2)13-12(14(15)17(3)16-13)11(18)7-6-10-5-4-8-19-10/h9-11,18H,4-8H2,1-3H3. The fourth-order valence-electron chi connectivity index (χ4n) is 2.63. The van der Waals surface area contributed by atoms with Gasteiger partial charge in [-0.25, -0.2) is 0 Å². The number of ether oxygens (including phenoxy) is 1. The molecule has 108 valence electrons. The molecule has 2 atom stereocenters. The molecule has 1 aromatic heterocycles. The third kappa shape index (κ3) is 3.30. The van der Waals surface area contributed by atoms with E-state index in [2.05, 4.69) is 18.9 Å². The van der Waals surface area contributed by atoms with Gasteiger partial charge in [-0.05, 0) is 31.6 Å². The summed E-state index contributed by atoms with van der Waals surface area (Å²) < 4.78 is 7.23. The summed E-state index contributed by atoms with van der Waals surface area (Å²) in [7, 11) is 1.81. The maximum Gasteiger partial charge on any atom is 0.132 e. The number of aliphatic hydroxyl groups is 1. The van der Waals surface area contributed by atoms with E-state index in [1.54, 1.807) is 4.68 Å². The highest BCUT2D eigenvalue weighted by Gasteiger charge is 2.25. The summed E-state index contributed by atoms with van der Waals surface area (Å²) in [5.41, 5.74) is 1.68. The first-order chi connectivity index (χ1) is 9.00. The van der Waals surface area contributed by atoms with Crippen molar-refractivity contribution < 1.29 is 9.84 Å². The Morgan fingerprint density at radius 2 is 2.26 bits per heavy atom. The molecular formula is C14H23ClN2O2. The van der Waals surface area contributed by atoms with E-state index in [4.69, 9.17) is 16.3 Å². The summed E-state index contributed by atoms with van der Waals surface area (Å²) >= 11 is 6.26. The fraction of sp³-hybridized carbons (Fsp3) is 0.786. The van der Waals surface area contributed by atoms with Crippen molar-refractivity contribution in [2.24, 2.45) is 7.05 Å². The van der Waals surface area contributed by atoms with Crippen molar-refractivity contribution in [2.45, 2.75) is 57.7 Å². The van der Waals surface area contributed by atoms with Crippen LogP contribution in [0.25, 0.3) is 0 Å². The molecule has 1 aliphatic heterocycles. The normalized spacial score (nSPS) is 21.3. The second kappa shape index (κ2) is 6.25. The van der Waals surface area contributed by atoms with Gasteiger partial charge < -0.3 is 9.84 Å². The largest absolute Gasteiger partial charge is 0.388 e.